The first kappa shape index (κ1) is 14.9. The van der Waals surface area contributed by atoms with Crippen LogP contribution >= 0.6 is 11.1 Å². The van der Waals surface area contributed by atoms with Crippen molar-refractivity contribution in [3.05, 3.63) is 0 Å². The van der Waals surface area contributed by atoms with E-state index in [1.165, 1.54) is 0 Å². The van der Waals surface area contributed by atoms with Gasteiger partial charge in [-0.25, -0.2) is 0 Å². The fraction of sp³-hybridized carbons (Fsp3) is 1.00. The summed E-state index contributed by atoms with van der Waals surface area (Å²) in [5, 5.41) is 0. The van der Waals surface area contributed by atoms with E-state index in [1.807, 2.05) is 0 Å². The Bertz CT molecular complexity index is 192. The molecule has 2 nitrogen and oxygen atoms in total. The summed E-state index contributed by atoms with van der Waals surface area (Å²) in [6.45, 7) is 14.2. The van der Waals surface area contributed by atoms with E-state index in [4.69, 9.17) is 11.1 Å². The quantitative estimate of drug-likeness (QED) is 0.571. The van der Waals surface area contributed by atoms with Crippen molar-refractivity contribution >= 4 is 36.0 Å². The van der Waals surface area contributed by atoms with E-state index in [-0.39, 0.29) is 0 Å². The summed E-state index contributed by atoms with van der Waals surface area (Å²) >= 11 is 6.30. The van der Waals surface area contributed by atoms with Crippen LogP contribution in [0.1, 0.15) is 0 Å². The first-order valence-corrected chi connectivity index (χ1v) is 14.9. The number of hydrogen-bond acceptors (Lipinski definition) is 2. The minimum absolute atomic E-state index is 1.17. The van der Waals surface area contributed by atoms with Crippen molar-refractivity contribution in [3.63, 3.8) is 0 Å². The lowest BCUT2D eigenvalue weighted by atomic mass is 11.6. The Morgan fingerprint density at radius 2 is 1.36 bits per heavy atom. The zero-order chi connectivity index (χ0) is 11.7. The summed E-state index contributed by atoms with van der Waals surface area (Å²) < 4.78 is 5.12. The normalized spacial score (nSPS) is 16.5. The molecule has 0 bridgehead atoms. The molecule has 0 amide bonds. The third-order valence-corrected chi connectivity index (χ3v) is 17.8. The van der Waals surface area contributed by atoms with E-state index in [0.29, 0.717) is 0 Å². The first-order chi connectivity index (χ1) is 6.01. The topological polar surface area (TPSA) is 6.48 Å². The van der Waals surface area contributed by atoms with E-state index in [9.17, 15) is 0 Å². The van der Waals surface area contributed by atoms with Crippen molar-refractivity contribution in [3.8, 4) is 0 Å². The van der Waals surface area contributed by atoms with Crippen molar-refractivity contribution < 1.29 is 0 Å². The van der Waals surface area contributed by atoms with Gasteiger partial charge in [0.2, 0.25) is 8.27 Å². The Hall–Kier alpha value is 0.861. The smallest absolute Gasteiger partial charge is 0.204 e. The number of hydrogen-bond donors (Lipinski definition) is 0. The van der Waals surface area contributed by atoms with E-state index in [0.717, 1.165) is 0 Å². The molecule has 6 heteroatoms. The van der Waals surface area contributed by atoms with Crippen molar-refractivity contribution in [2.24, 2.45) is 0 Å². The molecule has 0 radical (unpaired) electrons. The van der Waals surface area contributed by atoms with E-state index >= 15 is 0 Å². The first-order valence-electron chi connectivity index (χ1n) is 5.12. The number of halogens is 1. The predicted molar refractivity (Wildman–Crippen MR) is 75.2 cm³/mol. The molecular formula is C8H25ClN2Si3. The number of rotatable bonds is 4. The van der Waals surface area contributed by atoms with Crippen LogP contribution in [0.4, 0.5) is 0 Å². The van der Waals surface area contributed by atoms with Gasteiger partial charge in [0.25, 0.3) is 0 Å². The van der Waals surface area contributed by atoms with E-state index in [2.05, 4.69) is 61.8 Å². The van der Waals surface area contributed by atoms with E-state index < -0.39 is 24.9 Å². The molecule has 0 aliphatic heterocycles. The molecule has 0 heterocycles. The van der Waals surface area contributed by atoms with Crippen LogP contribution in [0.15, 0.2) is 0 Å². The molecule has 0 saturated carbocycles. The third-order valence-electron chi connectivity index (χ3n) is 3.22. The average molecular weight is 269 g/mol. The van der Waals surface area contributed by atoms with Gasteiger partial charge in [-0.05, 0) is 33.7 Å². The van der Waals surface area contributed by atoms with Gasteiger partial charge in [-0.3, -0.25) is 0 Å². The Morgan fingerprint density at radius 3 is 1.57 bits per heavy atom. The second-order valence-electron chi connectivity index (χ2n) is 5.41. The maximum Gasteiger partial charge on any atom is 0.204 e. The largest absolute Gasteiger partial charge is 0.337 e. The molecule has 0 aliphatic rings. The van der Waals surface area contributed by atoms with Crippen LogP contribution in [0.3, 0.4) is 0 Å². The molecule has 0 aliphatic carbocycles. The van der Waals surface area contributed by atoms with Crippen LogP contribution in [0, 0.1) is 0 Å². The van der Waals surface area contributed by atoms with Crippen LogP contribution in [0.5, 0.6) is 0 Å². The monoisotopic (exact) mass is 268 g/mol. The zero-order valence-electron chi connectivity index (χ0n) is 10.8. The Balaban J connectivity index is 4.77. The van der Waals surface area contributed by atoms with Gasteiger partial charge in [0.15, 0.2) is 8.40 Å². The zero-order valence-corrected chi connectivity index (χ0v) is 14.8. The fourth-order valence-electron chi connectivity index (χ4n) is 1.49. The summed E-state index contributed by atoms with van der Waals surface area (Å²) in [6.07, 6.45) is 0. The highest BCUT2D eigenvalue weighted by atomic mass is 35.6. The van der Waals surface area contributed by atoms with Crippen LogP contribution in [-0.4, -0.2) is 47.5 Å². The highest BCUT2D eigenvalue weighted by Gasteiger charge is 2.39. The lowest BCUT2D eigenvalue weighted by molar-refractivity contribution is 0.636. The third kappa shape index (κ3) is 3.46. The summed E-state index contributed by atoms with van der Waals surface area (Å²) in [5.74, 6) is 0. The molecule has 14 heavy (non-hydrogen) atoms. The highest BCUT2D eigenvalue weighted by Crippen LogP contribution is 2.21. The van der Waals surface area contributed by atoms with Gasteiger partial charge < -0.3 is 8.46 Å². The molecule has 0 rings (SSSR count). The summed E-state index contributed by atoms with van der Waals surface area (Å²) in [4.78, 5) is 0. The molecule has 1 unspecified atom stereocenters. The van der Waals surface area contributed by atoms with Crippen molar-refractivity contribution in [2.75, 3.05) is 14.1 Å². The Labute approximate surface area is 97.9 Å². The molecule has 86 valence electrons. The maximum atomic E-state index is 6.30. The van der Waals surface area contributed by atoms with Crippen molar-refractivity contribution in [1.29, 1.82) is 0 Å². The highest BCUT2D eigenvalue weighted by molar-refractivity contribution is 7.09. The van der Waals surface area contributed by atoms with Gasteiger partial charge in [0.1, 0.15) is 8.24 Å². The Morgan fingerprint density at radius 1 is 1.00 bits per heavy atom. The van der Waals surface area contributed by atoms with Crippen LogP contribution in [0.25, 0.3) is 0 Å². The predicted octanol–water partition coefficient (Wildman–Crippen LogP) is 2.48. The van der Waals surface area contributed by atoms with Gasteiger partial charge >= 0.3 is 0 Å². The molecule has 0 N–H and O–H groups in total. The molecule has 0 saturated heterocycles. The molecule has 0 aromatic heterocycles. The fourth-order valence-corrected chi connectivity index (χ4v) is 15.5. The van der Waals surface area contributed by atoms with Gasteiger partial charge in [-0.15, -0.1) is 0 Å². The summed E-state index contributed by atoms with van der Waals surface area (Å²) in [5.41, 5.74) is 0. The molecule has 0 aromatic carbocycles. The standard InChI is InChI=1S/C8H25ClN2Si3/c1-10(12(3)9)14(7,8)11(2)13(4,5)6/h12H,1-8H3. The van der Waals surface area contributed by atoms with Crippen LogP contribution in [-0.2, 0) is 0 Å². The van der Waals surface area contributed by atoms with Crippen molar-refractivity contribution in [1.82, 2.24) is 8.46 Å². The van der Waals surface area contributed by atoms with Gasteiger partial charge in [0.05, 0.1) is 0 Å². The maximum absolute atomic E-state index is 6.30. The molecule has 0 fully saturated rings. The van der Waals surface area contributed by atoms with Crippen LogP contribution in [0.2, 0.25) is 39.3 Å². The number of nitrogens with zero attached hydrogens (tertiary/aromatic N) is 2. The van der Waals surface area contributed by atoms with Crippen LogP contribution < -0.4 is 0 Å². The van der Waals surface area contributed by atoms with E-state index in [1.54, 1.807) is 0 Å². The minimum Gasteiger partial charge on any atom is -0.337 e. The van der Waals surface area contributed by atoms with Gasteiger partial charge in [0, 0.05) is 0 Å². The second-order valence-corrected chi connectivity index (χ2v) is 19.6. The average Bonchev–Trinajstić information content (AvgIpc) is 1.99. The van der Waals surface area contributed by atoms with Gasteiger partial charge in [-0.2, -0.15) is 11.1 Å². The summed E-state index contributed by atoms with van der Waals surface area (Å²) in [6, 6.07) is 0. The van der Waals surface area contributed by atoms with Crippen molar-refractivity contribution in [2.45, 2.75) is 39.3 Å². The lowest BCUT2D eigenvalue weighted by Gasteiger charge is -2.48. The summed E-state index contributed by atoms with van der Waals surface area (Å²) in [7, 11) is 0.674. The molecule has 0 spiro atoms. The molecular weight excluding hydrogens is 244 g/mol. The molecule has 0 aromatic rings. The second kappa shape index (κ2) is 4.80. The Kier molecular flexibility index (Phi) is 5.09. The lowest BCUT2D eigenvalue weighted by Crippen LogP contribution is -2.68. The molecule has 1 atom stereocenters. The minimum atomic E-state index is -1.45. The van der Waals surface area contributed by atoms with Gasteiger partial charge in [-0.1, -0.05) is 19.6 Å². The SMILES string of the molecule is CN([SiH](C)Cl)[Si](C)(C)N(C)[Si](C)(C)C.